The van der Waals surface area contributed by atoms with E-state index < -0.39 is 0 Å². The van der Waals surface area contributed by atoms with E-state index in [2.05, 4.69) is 30.4 Å². The molecule has 2 aliphatic rings. The molecule has 2 heteroatoms. The molecule has 0 amide bonds. The van der Waals surface area contributed by atoms with Gasteiger partial charge in [0.05, 0.1) is 18.3 Å². The fraction of sp³-hybridized carbons (Fsp3) is 0.654. The predicted molar refractivity (Wildman–Crippen MR) is 115 cm³/mol. The molecule has 152 valence electrons. The fourth-order valence-electron chi connectivity index (χ4n) is 5.46. The molecule has 0 saturated heterocycles. The van der Waals surface area contributed by atoms with E-state index >= 15 is 0 Å². The Labute approximate surface area is 171 Å². The smallest absolute Gasteiger partial charge is 0.0991 e. The number of hydrogen-bond acceptors (Lipinski definition) is 1. The molecule has 0 aromatic heterocycles. The van der Waals surface area contributed by atoms with E-state index in [4.69, 9.17) is 5.26 Å². The Hall–Kier alpha value is -1.62. The molecule has 28 heavy (non-hydrogen) atoms. The summed E-state index contributed by atoms with van der Waals surface area (Å²) in [5, 5.41) is 8.96. The molecule has 0 bridgehead atoms. The molecular formula is C26H36FN. The average molecular weight is 382 g/mol. The topological polar surface area (TPSA) is 23.8 Å². The number of nitrogens with zero attached hydrogens (tertiary/aromatic N) is 1. The summed E-state index contributed by atoms with van der Waals surface area (Å²) in [6, 6.07) is 10.5. The van der Waals surface area contributed by atoms with Crippen LogP contribution in [0, 0.1) is 29.1 Å². The van der Waals surface area contributed by atoms with Crippen molar-refractivity contribution in [3.8, 4) is 6.07 Å². The van der Waals surface area contributed by atoms with Gasteiger partial charge in [0, 0.05) is 0 Å². The monoisotopic (exact) mass is 381 g/mol. The van der Waals surface area contributed by atoms with Crippen molar-refractivity contribution in [3.63, 3.8) is 0 Å². The van der Waals surface area contributed by atoms with Crippen LogP contribution in [0.5, 0.6) is 0 Å². The second-order valence-electron chi connectivity index (χ2n) is 9.01. The molecule has 2 saturated carbocycles. The largest absolute Gasteiger partial charge is 0.251 e. The van der Waals surface area contributed by atoms with Crippen LogP contribution in [0.2, 0.25) is 0 Å². The summed E-state index contributed by atoms with van der Waals surface area (Å²) in [6.45, 7) is -0.191. The first kappa shape index (κ1) is 21.1. The molecule has 0 aliphatic heterocycles. The van der Waals surface area contributed by atoms with Crippen molar-refractivity contribution in [2.75, 3.05) is 6.67 Å². The third kappa shape index (κ3) is 6.20. The predicted octanol–water partition coefficient (Wildman–Crippen LogP) is 7.72. The third-order valence-electron chi connectivity index (χ3n) is 7.25. The molecule has 1 aromatic rings. The Morgan fingerprint density at radius 1 is 0.857 bits per heavy atom. The minimum absolute atomic E-state index is 0.191. The Morgan fingerprint density at radius 2 is 1.46 bits per heavy atom. The molecule has 1 nitrogen and oxygen atoms in total. The first-order valence-electron chi connectivity index (χ1n) is 11.5. The van der Waals surface area contributed by atoms with Gasteiger partial charge < -0.3 is 0 Å². The number of benzene rings is 1. The van der Waals surface area contributed by atoms with E-state index in [-0.39, 0.29) is 6.67 Å². The molecule has 2 fully saturated rings. The Morgan fingerprint density at radius 3 is 2.07 bits per heavy atom. The Bertz CT molecular complexity index is 625. The van der Waals surface area contributed by atoms with Crippen molar-refractivity contribution in [1.82, 2.24) is 0 Å². The van der Waals surface area contributed by atoms with Gasteiger partial charge in [-0.05, 0) is 106 Å². The van der Waals surface area contributed by atoms with Gasteiger partial charge in [0.2, 0.25) is 0 Å². The van der Waals surface area contributed by atoms with E-state index in [9.17, 15) is 4.39 Å². The SMILES string of the molecule is N#Cc1ccc(C2CCC([C@H]3CC[C@H](CC/C=C/CCCF)CC3)CC2)cc1. The van der Waals surface area contributed by atoms with Crippen molar-refractivity contribution in [2.45, 2.75) is 83.0 Å². The first-order valence-corrected chi connectivity index (χ1v) is 11.5. The van der Waals surface area contributed by atoms with Crippen LogP contribution in [0.15, 0.2) is 36.4 Å². The molecular weight excluding hydrogens is 345 g/mol. The van der Waals surface area contributed by atoms with Crippen LogP contribution in [-0.4, -0.2) is 6.67 Å². The molecule has 2 aliphatic carbocycles. The van der Waals surface area contributed by atoms with Gasteiger partial charge in [-0.25, -0.2) is 0 Å². The number of allylic oxidation sites excluding steroid dienone is 2. The van der Waals surface area contributed by atoms with Crippen LogP contribution in [-0.2, 0) is 0 Å². The Balaban J connectivity index is 1.34. The van der Waals surface area contributed by atoms with Gasteiger partial charge in [0.1, 0.15) is 0 Å². The van der Waals surface area contributed by atoms with Gasteiger partial charge in [-0.3, -0.25) is 4.39 Å². The zero-order chi connectivity index (χ0) is 19.6. The van der Waals surface area contributed by atoms with E-state index in [0.29, 0.717) is 12.3 Å². The summed E-state index contributed by atoms with van der Waals surface area (Å²) in [6.07, 6.45) is 19.6. The molecule has 0 unspecified atom stereocenters. The van der Waals surface area contributed by atoms with Crippen LogP contribution in [0.25, 0.3) is 0 Å². The second-order valence-corrected chi connectivity index (χ2v) is 9.01. The van der Waals surface area contributed by atoms with Gasteiger partial charge in [-0.15, -0.1) is 0 Å². The van der Waals surface area contributed by atoms with E-state index in [0.717, 1.165) is 29.7 Å². The van der Waals surface area contributed by atoms with Crippen LogP contribution < -0.4 is 0 Å². The van der Waals surface area contributed by atoms with Crippen LogP contribution >= 0.6 is 0 Å². The summed E-state index contributed by atoms with van der Waals surface area (Å²) in [5.41, 5.74) is 2.20. The van der Waals surface area contributed by atoms with E-state index in [1.807, 2.05) is 12.1 Å². The van der Waals surface area contributed by atoms with Gasteiger partial charge in [0.25, 0.3) is 0 Å². The zero-order valence-electron chi connectivity index (χ0n) is 17.3. The van der Waals surface area contributed by atoms with Crippen LogP contribution in [0.1, 0.15) is 94.1 Å². The first-order chi connectivity index (χ1) is 13.8. The number of unbranched alkanes of at least 4 members (excludes halogenated alkanes) is 1. The maximum Gasteiger partial charge on any atom is 0.0991 e. The Kier molecular flexibility index (Phi) is 8.59. The molecule has 0 N–H and O–H groups in total. The summed E-state index contributed by atoms with van der Waals surface area (Å²) in [7, 11) is 0. The number of rotatable bonds is 8. The van der Waals surface area contributed by atoms with Crippen molar-refractivity contribution in [3.05, 3.63) is 47.5 Å². The quantitative estimate of drug-likeness (QED) is 0.334. The summed E-state index contributed by atoms with van der Waals surface area (Å²) in [4.78, 5) is 0. The lowest BCUT2D eigenvalue weighted by Gasteiger charge is -2.38. The molecule has 0 atom stereocenters. The highest BCUT2D eigenvalue weighted by Crippen LogP contribution is 2.44. The standard InChI is InChI=1S/C26H36FN/c27-19-5-3-1-2-4-6-21-7-11-23(12-8-21)25-15-17-26(18-16-25)24-13-9-22(20-28)10-14-24/h1-2,9-10,13-14,21,23,25-26H,3-8,11-12,15-19H2/b2-1+/t21-,23-,25?,26?. The molecule has 3 rings (SSSR count). The normalized spacial score (nSPS) is 28.3. The van der Waals surface area contributed by atoms with Crippen molar-refractivity contribution in [1.29, 1.82) is 5.26 Å². The minimum atomic E-state index is -0.191. The molecule has 0 radical (unpaired) electrons. The van der Waals surface area contributed by atoms with Gasteiger partial charge in [-0.2, -0.15) is 5.26 Å². The van der Waals surface area contributed by atoms with Crippen molar-refractivity contribution in [2.24, 2.45) is 17.8 Å². The lowest BCUT2D eigenvalue weighted by Crippen LogP contribution is -2.25. The number of halogens is 1. The number of nitriles is 1. The lowest BCUT2D eigenvalue weighted by atomic mass is 9.68. The van der Waals surface area contributed by atoms with Gasteiger partial charge >= 0.3 is 0 Å². The van der Waals surface area contributed by atoms with Gasteiger partial charge in [-0.1, -0.05) is 37.1 Å². The van der Waals surface area contributed by atoms with E-state index in [1.165, 1.54) is 69.8 Å². The summed E-state index contributed by atoms with van der Waals surface area (Å²) >= 11 is 0. The highest BCUT2D eigenvalue weighted by atomic mass is 19.1. The van der Waals surface area contributed by atoms with Crippen LogP contribution in [0.4, 0.5) is 4.39 Å². The molecule has 1 aromatic carbocycles. The third-order valence-corrected chi connectivity index (χ3v) is 7.25. The zero-order valence-corrected chi connectivity index (χ0v) is 17.3. The lowest BCUT2D eigenvalue weighted by molar-refractivity contribution is 0.157. The summed E-state index contributed by atoms with van der Waals surface area (Å²) < 4.78 is 12.1. The van der Waals surface area contributed by atoms with E-state index in [1.54, 1.807) is 0 Å². The molecule has 0 heterocycles. The fourth-order valence-corrected chi connectivity index (χ4v) is 5.46. The second kappa shape index (κ2) is 11.4. The molecule has 0 spiro atoms. The van der Waals surface area contributed by atoms with Crippen molar-refractivity contribution >= 4 is 0 Å². The number of alkyl halides is 1. The average Bonchev–Trinajstić information content (AvgIpc) is 2.77. The maximum atomic E-state index is 12.1. The van der Waals surface area contributed by atoms with Crippen molar-refractivity contribution < 1.29 is 4.39 Å². The highest BCUT2D eigenvalue weighted by Gasteiger charge is 2.31. The highest BCUT2D eigenvalue weighted by molar-refractivity contribution is 5.33. The van der Waals surface area contributed by atoms with Gasteiger partial charge in [0.15, 0.2) is 0 Å². The number of hydrogen-bond donors (Lipinski definition) is 0. The maximum absolute atomic E-state index is 12.1. The minimum Gasteiger partial charge on any atom is -0.251 e. The van der Waals surface area contributed by atoms with Crippen LogP contribution in [0.3, 0.4) is 0 Å². The summed E-state index contributed by atoms with van der Waals surface area (Å²) in [5.74, 6) is 3.51.